The number of aromatic nitrogens is 4. The second kappa shape index (κ2) is 11.4. The first kappa shape index (κ1) is 25.5. The van der Waals surface area contributed by atoms with Gasteiger partial charge in [-0.25, -0.2) is 9.50 Å². The smallest absolute Gasteiger partial charge is 0.253 e. The van der Waals surface area contributed by atoms with Crippen LogP contribution in [0.1, 0.15) is 28.9 Å². The molecule has 0 spiro atoms. The van der Waals surface area contributed by atoms with Gasteiger partial charge in [0.15, 0.2) is 5.82 Å². The number of aryl methyl sites for hydroxylation is 2. The van der Waals surface area contributed by atoms with Crippen molar-refractivity contribution in [3.05, 3.63) is 65.0 Å². The van der Waals surface area contributed by atoms with Gasteiger partial charge < -0.3 is 14.8 Å². The number of hydrogen-bond acceptors (Lipinski definition) is 7. The van der Waals surface area contributed by atoms with Gasteiger partial charge in [-0.3, -0.25) is 4.79 Å². The summed E-state index contributed by atoms with van der Waals surface area (Å²) in [5.41, 5.74) is 4.77. The van der Waals surface area contributed by atoms with Crippen molar-refractivity contribution in [1.82, 2.24) is 24.9 Å². The van der Waals surface area contributed by atoms with E-state index in [2.05, 4.69) is 50.9 Å². The molecule has 188 valence electrons. The third-order valence-corrected chi connectivity index (χ3v) is 6.90. The minimum absolute atomic E-state index is 0.0254. The first-order valence-corrected chi connectivity index (χ1v) is 13.0. The molecular weight excluding hydrogens is 474 g/mol. The SMILES string of the molecule is COc1cc(OC)cc(-c2nc3nc(C)c(CCC(=O)NCCc4ccc(SC)cc4)c(C)n3n2)c1. The van der Waals surface area contributed by atoms with Crippen LogP contribution in [0, 0.1) is 13.8 Å². The minimum Gasteiger partial charge on any atom is -0.497 e. The van der Waals surface area contributed by atoms with Crippen LogP contribution in [0.4, 0.5) is 0 Å². The molecule has 36 heavy (non-hydrogen) atoms. The summed E-state index contributed by atoms with van der Waals surface area (Å²) in [6.07, 6.45) is 3.83. The van der Waals surface area contributed by atoms with Crippen LogP contribution < -0.4 is 14.8 Å². The molecule has 2 aromatic carbocycles. The molecular formula is C27H31N5O3S. The van der Waals surface area contributed by atoms with E-state index in [1.165, 1.54) is 10.5 Å². The normalized spacial score (nSPS) is 11.0. The van der Waals surface area contributed by atoms with Gasteiger partial charge in [-0.05, 0) is 68.3 Å². The number of hydrogen-bond donors (Lipinski definition) is 1. The van der Waals surface area contributed by atoms with Gasteiger partial charge in [0.1, 0.15) is 11.5 Å². The molecule has 0 aliphatic rings. The molecule has 0 bridgehead atoms. The quantitative estimate of drug-likeness (QED) is 0.319. The highest BCUT2D eigenvalue weighted by Crippen LogP contribution is 2.28. The number of carbonyl (C=O) groups excluding carboxylic acids is 1. The van der Waals surface area contributed by atoms with E-state index in [-0.39, 0.29) is 5.91 Å². The second-order valence-electron chi connectivity index (χ2n) is 8.46. The molecule has 2 heterocycles. The fourth-order valence-corrected chi connectivity index (χ4v) is 4.50. The predicted molar refractivity (Wildman–Crippen MR) is 142 cm³/mol. The van der Waals surface area contributed by atoms with Crippen molar-refractivity contribution in [2.45, 2.75) is 38.0 Å². The molecule has 4 rings (SSSR count). The molecule has 1 N–H and O–H groups in total. The highest BCUT2D eigenvalue weighted by molar-refractivity contribution is 7.98. The van der Waals surface area contributed by atoms with Gasteiger partial charge in [0.2, 0.25) is 5.91 Å². The van der Waals surface area contributed by atoms with Gasteiger partial charge >= 0.3 is 0 Å². The van der Waals surface area contributed by atoms with E-state index < -0.39 is 0 Å². The summed E-state index contributed by atoms with van der Waals surface area (Å²) >= 11 is 1.72. The second-order valence-corrected chi connectivity index (χ2v) is 9.34. The summed E-state index contributed by atoms with van der Waals surface area (Å²) in [6, 6.07) is 14.0. The summed E-state index contributed by atoms with van der Waals surface area (Å²) in [4.78, 5) is 23.0. The Kier molecular flexibility index (Phi) is 8.10. The van der Waals surface area contributed by atoms with Crippen LogP contribution in [-0.2, 0) is 17.6 Å². The Labute approximate surface area is 215 Å². The zero-order chi connectivity index (χ0) is 25.7. The average molecular weight is 506 g/mol. The number of nitrogens with zero attached hydrogens (tertiary/aromatic N) is 4. The Morgan fingerprint density at radius 1 is 1.00 bits per heavy atom. The molecule has 0 aliphatic heterocycles. The number of fused-ring (bicyclic) bond motifs is 1. The van der Waals surface area contributed by atoms with E-state index in [1.807, 2.05) is 26.0 Å². The van der Waals surface area contributed by atoms with Gasteiger partial charge in [0, 0.05) is 40.9 Å². The number of nitrogens with one attached hydrogen (secondary N) is 1. The number of benzene rings is 2. The fraction of sp³-hybridized carbons (Fsp3) is 0.333. The Hall–Kier alpha value is -3.59. The van der Waals surface area contributed by atoms with Crippen molar-refractivity contribution >= 4 is 23.4 Å². The van der Waals surface area contributed by atoms with Crippen molar-refractivity contribution in [3.8, 4) is 22.9 Å². The van der Waals surface area contributed by atoms with Crippen molar-refractivity contribution in [3.63, 3.8) is 0 Å². The van der Waals surface area contributed by atoms with Crippen LogP contribution in [0.2, 0.25) is 0 Å². The summed E-state index contributed by atoms with van der Waals surface area (Å²) < 4.78 is 12.5. The van der Waals surface area contributed by atoms with E-state index in [0.29, 0.717) is 42.5 Å². The summed E-state index contributed by atoms with van der Waals surface area (Å²) in [6.45, 7) is 4.54. The standard InChI is InChI=1S/C27H31N5O3S/c1-17-24(10-11-25(33)28-13-12-19-6-8-23(36-5)9-7-19)18(2)32-27(29-17)30-26(31-32)20-14-21(34-3)16-22(15-20)35-4/h6-9,14-16H,10-13H2,1-5H3,(H,28,33). The molecule has 2 aromatic heterocycles. The molecule has 0 fully saturated rings. The number of ether oxygens (including phenoxy) is 2. The molecule has 4 aromatic rings. The lowest BCUT2D eigenvalue weighted by atomic mass is 10.1. The maximum Gasteiger partial charge on any atom is 0.253 e. The number of rotatable bonds is 10. The molecule has 9 heteroatoms. The monoisotopic (exact) mass is 505 g/mol. The lowest BCUT2D eigenvalue weighted by Crippen LogP contribution is -2.26. The number of carbonyl (C=O) groups is 1. The molecule has 1 amide bonds. The van der Waals surface area contributed by atoms with Gasteiger partial charge in [-0.2, -0.15) is 4.98 Å². The van der Waals surface area contributed by atoms with Crippen LogP contribution in [0.15, 0.2) is 47.4 Å². The zero-order valence-corrected chi connectivity index (χ0v) is 22.1. The Bertz CT molecular complexity index is 1350. The molecule has 8 nitrogen and oxygen atoms in total. The number of thioether (sulfide) groups is 1. The first-order chi connectivity index (χ1) is 17.4. The maximum absolute atomic E-state index is 12.5. The molecule has 0 aliphatic carbocycles. The highest BCUT2D eigenvalue weighted by atomic mass is 32.2. The van der Waals surface area contributed by atoms with Gasteiger partial charge in [0.25, 0.3) is 5.78 Å². The van der Waals surface area contributed by atoms with Crippen molar-refractivity contribution in [2.24, 2.45) is 0 Å². The summed E-state index contributed by atoms with van der Waals surface area (Å²) in [7, 11) is 3.21. The number of amides is 1. The third-order valence-electron chi connectivity index (χ3n) is 6.16. The van der Waals surface area contributed by atoms with Crippen LogP contribution in [0.25, 0.3) is 17.2 Å². The molecule has 0 unspecified atom stereocenters. The molecule has 0 saturated carbocycles. The highest BCUT2D eigenvalue weighted by Gasteiger charge is 2.16. The van der Waals surface area contributed by atoms with E-state index in [9.17, 15) is 4.79 Å². The molecule has 0 radical (unpaired) electrons. The summed E-state index contributed by atoms with van der Waals surface area (Å²) in [5.74, 6) is 2.39. The van der Waals surface area contributed by atoms with Crippen LogP contribution in [0.3, 0.4) is 0 Å². The average Bonchev–Trinajstić information content (AvgIpc) is 3.33. The summed E-state index contributed by atoms with van der Waals surface area (Å²) in [5, 5.41) is 7.72. The lowest BCUT2D eigenvalue weighted by Gasteiger charge is -2.10. The van der Waals surface area contributed by atoms with Crippen molar-refractivity contribution < 1.29 is 14.3 Å². The topological polar surface area (TPSA) is 90.6 Å². The van der Waals surface area contributed by atoms with E-state index >= 15 is 0 Å². The van der Waals surface area contributed by atoms with Crippen molar-refractivity contribution in [1.29, 1.82) is 0 Å². The van der Waals surface area contributed by atoms with Crippen LogP contribution in [0.5, 0.6) is 11.5 Å². The molecule has 0 saturated heterocycles. The van der Waals surface area contributed by atoms with E-state index in [1.54, 1.807) is 36.6 Å². The molecule has 0 atom stereocenters. The van der Waals surface area contributed by atoms with Crippen LogP contribution >= 0.6 is 11.8 Å². The van der Waals surface area contributed by atoms with Gasteiger partial charge in [-0.15, -0.1) is 16.9 Å². The van der Waals surface area contributed by atoms with Gasteiger partial charge in [0.05, 0.1) is 14.2 Å². The maximum atomic E-state index is 12.5. The number of methoxy groups -OCH3 is 2. The first-order valence-electron chi connectivity index (χ1n) is 11.8. The van der Waals surface area contributed by atoms with Gasteiger partial charge in [-0.1, -0.05) is 12.1 Å². The Balaban J connectivity index is 1.44. The van der Waals surface area contributed by atoms with E-state index in [0.717, 1.165) is 28.9 Å². The van der Waals surface area contributed by atoms with Crippen LogP contribution in [-0.4, -0.2) is 52.5 Å². The van der Waals surface area contributed by atoms with Crippen molar-refractivity contribution in [2.75, 3.05) is 27.0 Å². The Morgan fingerprint density at radius 3 is 2.33 bits per heavy atom. The largest absolute Gasteiger partial charge is 0.497 e. The minimum atomic E-state index is 0.0254. The zero-order valence-electron chi connectivity index (χ0n) is 21.3. The lowest BCUT2D eigenvalue weighted by molar-refractivity contribution is -0.121. The fourth-order valence-electron chi connectivity index (χ4n) is 4.09. The Morgan fingerprint density at radius 2 is 1.69 bits per heavy atom. The third kappa shape index (κ3) is 5.79. The van der Waals surface area contributed by atoms with E-state index in [4.69, 9.17) is 9.47 Å². The predicted octanol–water partition coefficient (Wildman–Crippen LogP) is 4.44.